The second-order valence-corrected chi connectivity index (χ2v) is 14.3. The second-order valence-electron chi connectivity index (χ2n) is 14.3. The van der Waals surface area contributed by atoms with Crippen molar-refractivity contribution in [2.24, 2.45) is 0 Å². The summed E-state index contributed by atoms with van der Waals surface area (Å²) in [5, 5.41) is 10.0. The van der Waals surface area contributed by atoms with Gasteiger partial charge in [0.15, 0.2) is 28.4 Å². The van der Waals surface area contributed by atoms with Crippen molar-refractivity contribution < 1.29 is 4.74 Å². The Morgan fingerprint density at radius 3 is 2.42 bits per heavy atom. The first kappa shape index (κ1) is 30.9. The maximum absolute atomic E-state index is 11.9. The number of fused-ring (bicyclic) bond motifs is 4. The fraction of sp³-hybridized carbons (Fsp3) is 0.368. The molecule has 8 aromatic heterocycles. The number of H-pyrrole nitrogens is 1. The van der Waals surface area contributed by atoms with E-state index < -0.39 is 0 Å². The van der Waals surface area contributed by atoms with Gasteiger partial charge in [-0.3, -0.25) is 14.8 Å². The molecule has 2 aliphatic rings. The van der Waals surface area contributed by atoms with E-state index in [1.807, 2.05) is 71.1 Å². The number of ether oxygens (including phenoxy) is 1. The molecule has 0 spiro atoms. The Bertz CT molecular complexity index is 2780. The fourth-order valence-electron chi connectivity index (χ4n) is 7.94. The van der Waals surface area contributed by atoms with Crippen molar-refractivity contribution in [1.82, 2.24) is 57.9 Å². The van der Waals surface area contributed by atoms with Crippen LogP contribution in [0.25, 0.3) is 22.6 Å². The van der Waals surface area contributed by atoms with E-state index in [0.717, 1.165) is 98.4 Å². The summed E-state index contributed by atoms with van der Waals surface area (Å²) >= 11 is 0. The number of nitrogens with one attached hydrogen (secondary N) is 1. The van der Waals surface area contributed by atoms with Gasteiger partial charge in [-0.2, -0.15) is 10.2 Å². The fourth-order valence-corrected chi connectivity index (χ4v) is 7.94. The van der Waals surface area contributed by atoms with E-state index in [9.17, 15) is 4.79 Å². The van der Waals surface area contributed by atoms with Gasteiger partial charge in [-0.05, 0) is 66.4 Å². The second kappa shape index (κ2) is 11.3. The highest BCUT2D eigenvalue weighted by Crippen LogP contribution is 2.55. The number of aromatic amines is 1. The minimum Gasteiger partial charge on any atom is -0.494 e. The van der Waals surface area contributed by atoms with Crippen molar-refractivity contribution in [2.45, 2.75) is 84.0 Å². The predicted octanol–water partition coefficient (Wildman–Crippen LogP) is 5.11. The molecule has 0 aliphatic heterocycles. The maximum atomic E-state index is 11.9. The van der Waals surface area contributed by atoms with Gasteiger partial charge in [0.25, 0.3) is 0 Å². The number of pyridine rings is 2. The molecule has 14 nitrogen and oxygen atoms in total. The Kier molecular flexibility index (Phi) is 6.70. The minimum absolute atomic E-state index is 0.00743. The van der Waals surface area contributed by atoms with Crippen LogP contribution in [0.2, 0.25) is 0 Å². The molecule has 10 rings (SSSR count). The average molecular weight is 695 g/mol. The Labute approximate surface area is 297 Å². The Balaban J connectivity index is 0.900. The molecule has 14 heteroatoms. The molecule has 0 amide bonds. The Hall–Kier alpha value is -5.92. The summed E-state index contributed by atoms with van der Waals surface area (Å²) in [7, 11) is 0. The third kappa shape index (κ3) is 4.83. The molecule has 262 valence electrons. The van der Waals surface area contributed by atoms with Gasteiger partial charge in [0, 0.05) is 83.7 Å². The number of nitrogens with zero attached hydrogens (tertiary/aromatic N) is 11. The molecule has 0 bridgehead atoms. The van der Waals surface area contributed by atoms with Crippen molar-refractivity contribution in [3.63, 3.8) is 0 Å². The van der Waals surface area contributed by atoms with Crippen LogP contribution in [-0.4, -0.2) is 64.5 Å². The van der Waals surface area contributed by atoms with E-state index in [1.54, 1.807) is 12.1 Å². The minimum atomic E-state index is -0.00743. The van der Waals surface area contributed by atoms with Crippen LogP contribution < -0.4 is 10.2 Å². The summed E-state index contributed by atoms with van der Waals surface area (Å²) < 4.78 is 13.8. The van der Waals surface area contributed by atoms with Crippen LogP contribution in [0.5, 0.6) is 5.75 Å². The molecule has 0 saturated heterocycles. The zero-order valence-electron chi connectivity index (χ0n) is 29.7. The van der Waals surface area contributed by atoms with E-state index in [2.05, 4.69) is 23.2 Å². The molecule has 0 radical (unpaired) electrons. The van der Waals surface area contributed by atoms with Gasteiger partial charge in [-0.1, -0.05) is 0 Å². The molecule has 8 heterocycles. The Morgan fingerprint density at radius 2 is 1.58 bits per heavy atom. The van der Waals surface area contributed by atoms with Crippen LogP contribution >= 0.6 is 0 Å². The lowest BCUT2D eigenvalue weighted by Gasteiger charge is -2.06. The summed E-state index contributed by atoms with van der Waals surface area (Å²) in [5.41, 5.74) is 11.4. The van der Waals surface area contributed by atoms with E-state index in [-0.39, 0.29) is 29.1 Å². The van der Waals surface area contributed by atoms with Crippen LogP contribution in [0.4, 0.5) is 0 Å². The van der Waals surface area contributed by atoms with Crippen molar-refractivity contribution in [2.75, 3.05) is 6.61 Å². The van der Waals surface area contributed by atoms with Gasteiger partial charge < -0.3 is 18.5 Å². The average Bonchev–Trinajstić information content (AvgIpc) is 3.90. The van der Waals surface area contributed by atoms with Gasteiger partial charge in [0.2, 0.25) is 0 Å². The first-order chi connectivity index (χ1) is 25.2. The van der Waals surface area contributed by atoms with Gasteiger partial charge in [0.05, 0.1) is 35.1 Å². The normalized spacial score (nSPS) is 19.8. The quantitative estimate of drug-likeness (QED) is 0.218. The van der Waals surface area contributed by atoms with E-state index in [0.29, 0.717) is 19.4 Å². The molecule has 0 aromatic carbocycles. The molecule has 4 atom stereocenters. The van der Waals surface area contributed by atoms with Crippen LogP contribution in [0, 0.1) is 27.7 Å². The van der Waals surface area contributed by atoms with Crippen LogP contribution in [-0.2, 0) is 12.8 Å². The highest BCUT2D eigenvalue weighted by molar-refractivity contribution is 5.52. The SMILES string of the molecule is CCOc1ccn2c(C)c(C3CC3c3nc4c(CCc5cnc(C)c6nc(C7CC7c7[nH]c8cc(=O)ccn8c7C)nn56)ncc(C)n4n3)nc2c1. The van der Waals surface area contributed by atoms with Gasteiger partial charge >= 0.3 is 0 Å². The lowest BCUT2D eigenvalue weighted by Crippen LogP contribution is -2.07. The lowest BCUT2D eigenvalue weighted by molar-refractivity contribution is 0.340. The molecule has 52 heavy (non-hydrogen) atoms. The van der Waals surface area contributed by atoms with Crippen molar-refractivity contribution in [3.05, 3.63) is 116 Å². The summed E-state index contributed by atoms with van der Waals surface area (Å²) in [5.74, 6) is 3.44. The molecule has 8 aromatic rings. The lowest BCUT2D eigenvalue weighted by atomic mass is 10.2. The zero-order valence-corrected chi connectivity index (χ0v) is 29.7. The number of aromatic nitrogens is 12. The third-order valence-electron chi connectivity index (χ3n) is 11.0. The zero-order chi connectivity index (χ0) is 35.4. The summed E-state index contributed by atoms with van der Waals surface area (Å²) in [4.78, 5) is 40.0. The van der Waals surface area contributed by atoms with E-state index >= 15 is 0 Å². The highest BCUT2D eigenvalue weighted by atomic mass is 16.5. The first-order valence-electron chi connectivity index (χ1n) is 18.0. The number of imidazole rings is 2. The summed E-state index contributed by atoms with van der Waals surface area (Å²) in [6, 6.07) is 7.22. The number of aryl methyl sites for hydroxylation is 6. The standard InChI is InChI=1S/C38H38N12O2/c1-6-52-25-10-12-48-22(5)34(42-32(48)14-25)27-16-29(27)36-44-38-30(40-17-19(2)49(38)45-36)8-7-23-18-39-20(3)37-43-35(46-50(23)37)28-15-26(28)33-21(4)47-11-9-24(51)13-31(47)41-33/h9-14,17-18,26-29,41H,6-8,15-16H2,1-5H3. The molecular weight excluding hydrogens is 656 g/mol. The summed E-state index contributed by atoms with van der Waals surface area (Å²) in [6.07, 6.45) is 10.9. The number of hydrogen-bond donors (Lipinski definition) is 1. The van der Waals surface area contributed by atoms with Crippen molar-refractivity contribution in [3.8, 4) is 5.75 Å². The molecule has 2 aliphatic carbocycles. The highest BCUT2D eigenvalue weighted by Gasteiger charge is 2.46. The largest absolute Gasteiger partial charge is 0.494 e. The maximum Gasteiger partial charge on any atom is 0.183 e. The Morgan fingerprint density at radius 1 is 0.808 bits per heavy atom. The third-order valence-corrected chi connectivity index (χ3v) is 11.0. The van der Waals surface area contributed by atoms with Gasteiger partial charge in [0.1, 0.15) is 17.0 Å². The smallest absolute Gasteiger partial charge is 0.183 e. The molecule has 4 unspecified atom stereocenters. The molecule has 2 fully saturated rings. The van der Waals surface area contributed by atoms with Gasteiger partial charge in [-0.15, -0.1) is 0 Å². The topological polar surface area (TPSA) is 150 Å². The first-order valence-corrected chi connectivity index (χ1v) is 18.0. The van der Waals surface area contributed by atoms with Crippen LogP contribution in [0.15, 0.2) is 53.8 Å². The van der Waals surface area contributed by atoms with E-state index in [4.69, 9.17) is 39.9 Å². The molecular formula is C38H38N12O2. The summed E-state index contributed by atoms with van der Waals surface area (Å²) in [6.45, 7) is 10.8. The van der Waals surface area contributed by atoms with Crippen molar-refractivity contribution in [1.29, 1.82) is 0 Å². The molecule has 2 saturated carbocycles. The predicted molar refractivity (Wildman–Crippen MR) is 192 cm³/mol. The van der Waals surface area contributed by atoms with Crippen LogP contribution in [0.3, 0.4) is 0 Å². The number of rotatable bonds is 9. The monoisotopic (exact) mass is 694 g/mol. The van der Waals surface area contributed by atoms with Crippen LogP contribution in [0.1, 0.15) is 101 Å². The number of hydrogen-bond acceptors (Lipinski definition) is 9. The molecule has 1 N–H and O–H groups in total. The van der Waals surface area contributed by atoms with Crippen molar-refractivity contribution >= 4 is 22.6 Å². The van der Waals surface area contributed by atoms with E-state index in [1.165, 1.54) is 0 Å². The van der Waals surface area contributed by atoms with Gasteiger partial charge in [-0.25, -0.2) is 24.0 Å².